The third-order valence-corrected chi connectivity index (χ3v) is 2.04. The van der Waals surface area contributed by atoms with Gasteiger partial charge in [-0.05, 0) is 25.0 Å². The first-order valence-electron chi connectivity index (χ1n) is 4.54. The maximum absolute atomic E-state index is 10.4. The highest BCUT2D eigenvalue weighted by Gasteiger charge is 2.02. The summed E-state index contributed by atoms with van der Waals surface area (Å²) in [6.07, 6.45) is 9.27. The van der Waals surface area contributed by atoms with Gasteiger partial charge in [0.15, 0.2) is 0 Å². The summed E-state index contributed by atoms with van der Waals surface area (Å²) >= 11 is 0. The lowest BCUT2D eigenvalue weighted by Crippen LogP contribution is -1.95. The largest absolute Gasteiger partial charge is 0.497 e. The second-order valence-electron chi connectivity index (χ2n) is 3.10. The van der Waals surface area contributed by atoms with Crippen molar-refractivity contribution in [2.45, 2.75) is 19.3 Å². The van der Waals surface area contributed by atoms with Crippen LogP contribution in [0.4, 0.5) is 0 Å². The Morgan fingerprint density at radius 2 is 2.36 bits per heavy atom. The van der Waals surface area contributed by atoms with E-state index in [4.69, 9.17) is 9.84 Å². The van der Waals surface area contributed by atoms with Gasteiger partial charge in [-0.2, -0.15) is 0 Å². The van der Waals surface area contributed by atoms with Crippen molar-refractivity contribution in [2.24, 2.45) is 0 Å². The van der Waals surface area contributed by atoms with E-state index >= 15 is 0 Å². The molecule has 0 fully saturated rings. The molecule has 0 aromatic carbocycles. The highest BCUT2D eigenvalue weighted by atomic mass is 16.5. The maximum atomic E-state index is 10.4. The number of ether oxygens (including phenoxy) is 1. The van der Waals surface area contributed by atoms with Gasteiger partial charge in [-0.25, -0.2) is 0 Å². The van der Waals surface area contributed by atoms with Gasteiger partial charge in [0.2, 0.25) is 0 Å². The van der Waals surface area contributed by atoms with Gasteiger partial charge in [-0.3, -0.25) is 4.79 Å². The van der Waals surface area contributed by atoms with Crippen molar-refractivity contribution in [1.29, 1.82) is 0 Å². The fourth-order valence-corrected chi connectivity index (χ4v) is 1.24. The van der Waals surface area contributed by atoms with E-state index in [0.717, 1.165) is 17.8 Å². The summed E-state index contributed by atoms with van der Waals surface area (Å²) in [5, 5.41) is 8.53. The molecule has 0 aromatic heterocycles. The normalized spacial score (nSPS) is 15.5. The number of methoxy groups -OCH3 is 1. The van der Waals surface area contributed by atoms with Gasteiger partial charge >= 0.3 is 5.97 Å². The Hall–Kier alpha value is -1.51. The van der Waals surface area contributed by atoms with Gasteiger partial charge in [0, 0.05) is 6.42 Å². The molecule has 0 aliphatic heterocycles. The summed E-state index contributed by atoms with van der Waals surface area (Å²) in [5.74, 6) is 0.0467. The van der Waals surface area contributed by atoms with Crippen LogP contribution in [0.5, 0.6) is 0 Å². The van der Waals surface area contributed by atoms with Gasteiger partial charge < -0.3 is 9.84 Å². The van der Waals surface area contributed by atoms with Crippen LogP contribution in [0, 0.1) is 0 Å². The average molecular weight is 194 g/mol. The zero-order valence-corrected chi connectivity index (χ0v) is 8.19. The standard InChI is InChI=1S/C11H14O3/c1-14-10-4-2-3-9(5-7-10)6-8-11(12)13/h2,4-5,7H,3,6,8H2,1H3,(H,12,13). The lowest BCUT2D eigenvalue weighted by molar-refractivity contribution is -0.136. The van der Waals surface area contributed by atoms with E-state index in [1.807, 2.05) is 24.3 Å². The van der Waals surface area contributed by atoms with Crippen LogP contribution >= 0.6 is 0 Å². The van der Waals surface area contributed by atoms with Gasteiger partial charge in [0.1, 0.15) is 5.76 Å². The summed E-state index contributed by atoms with van der Waals surface area (Å²) < 4.78 is 5.06. The van der Waals surface area contributed by atoms with E-state index < -0.39 is 5.97 Å². The second-order valence-corrected chi connectivity index (χ2v) is 3.10. The minimum atomic E-state index is -0.755. The molecule has 0 saturated carbocycles. The molecule has 0 radical (unpaired) electrons. The topological polar surface area (TPSA) is 46.5 Å². The smallest absolute Gasteiger partial charge is 0.303 e. The number of allylic oxidation sites excluding steroid dienone is 5. The van der Waals surface area contributed by atoms with Crippen molar-refractivity contribution >= 4 is 5.97 Å². The summed E-state index contributed by atoms with van der Waals surface area (Å²) in [4.78, 5) is 10.4. The SMILES string of the molecule is COC1=CC=C(CCC(=O)O)CC=C1. The van der Waals surface area contributed by atoms with Crippen LogP contribution in [0.25, 0.3) is 0 Å². The van der Waals surface area contributed by atoms with Crippen LogP contribution in [0.1, 0.15) is 19.3 Å². The summed E-state index contributed by atoms with van der Waals surface area (Å²) in [7, 11) is 1.62. The van der Waals surface area contributed by atoms with Crippen molar-refractivity contribution < 1.29 is 14.6 Å². The Bertz CT molecular complexity index is 298. The predicted molar refractivity (Wildman–Crippen MR) is 53.8 cm³/mol. The zero-order chi connectivity index (χ0) is 10.4. The van der Waals surface area contributed by atoms with Gasteiger partial charge in [0.05, 0.1) is 7.11 Å². The van der Waals surface area contributed by atoms with Crippen molar-refractivity contribution in [2.75, 3.05) is 7.11 Å². The summed E-state index contributed by atoms with van der Waals surface area (Å²) in [5.41, 5.74) is 1.12. The third kappa shape index (κ3) is 3.47. The second kappa shape index (κ2) is 5.27. The molecule has 0 heterocycles. The van der Waals surface area contributed by atoms with Crippen molar-refractivity contribution in [3.8, 4) is 0 Å². The van der Waals surface area contributed by atoms with E-state index in [0.29, 0.717) is 6.42 Å². The van der Waals surface area contributed by atoms with E-state index in [-0.39, 0.29) is 6.42 Å². The van der Waals surface area contributed by atoms with Crippen LogP contribution in [0.2, 0.25) is 0 Å². The Labute approximate surface area is 83.4 Å². The minimum absolute atomic E-state index is 0.190. The molecule has 0 atom stereocenters. The molecule has 0 saturated heterocycles. The van der Waals surface area contributed by atoms with Gasteiger partial charge in [-0.15, -0.1) is 0 Å². The van der Waals surface area contributed by atoms with Crippen molar-refractivity contribution in [1.82, 2.24) is 0 Å². The molecular weight excluding hydrogens is 180 g/mol. The van der Waals surface area contributed by atoms with Gasteiger partial charge in [-0.1, -0.05) is 17.7 Å². The predicted octanol–water partition coefficient (Wildman–Crippen LogP) is 2.27. The van der Waals surface area contributed by atoms with Crippen LogP contribution in [-0.4, -0.2) is 18.2 Å². The van der Waals surface area contributed by atoms with Crippen LogP contribution in [0.15, 0.2) is 35.6 Å². The van der Waals surface area contributed by atoms with E-state index in [9.17, 15) is 4.79 Å². The molecule has 0 amide bonds. The zero-order valence-electron chi connectivity index (χ0n) is 8.19. The molecule has 0 bridgehead atoms. The molecule has 76 valence electrons. The monoisotopic (exact) mass is 194 g/mol. The molecule has 1 aliphatic rings. The van der Waals surface area contributed by atoms with Crippen molar-refractivity contribution in [3.63, 3.8) is 0 Å². The summed E-state index contributed by atoms with van der Waals surface area (Å²) in [6, 6.07) is 0. The highest BCUT2D eigenvalue weighted by Crippen LogP contribution is 2.16. The first-order valence-corrected chi connectivity index (χ1v) is 4.54. The maximum Gasteiger partial charge on any atom is 0.303 e. The highest BCUT2D eigenvalue weighted by molar-refractivity contribution is 5.67. The number of hydrogen-bond acceptors (Lipinski definition) is 2. The lowest BCUT2D eigenvalue weighted by atomic mass is 10.1. The molecular formula is C11H14O3. The minimum Gasteiger partial charge on any atom is -0.497 e. The Morgan fingerprint density at radius 1 is 1.57 bits per heavy atom. The number of carbonyl (C=O) groups is 1. The molecule has 1 aliphatic carbocycles. The number of aliphatic carboxylic acids is 1. The molecule has 3 heteroatoms. The van der Waals surface area contributed by atoms with E-state index in [1.54, 1.807) is 7.11 Å². The first-order chi connectivity index (χ1) is 6.72. The summed E-state index contributed by atoms with van der Waals surface area (Å²) in [6.45, 7) is 0. The fourth-order valence-electron chi connectivity index (χ4n) is 1.24. The number of carboxylic acid groups (broad SMARTS) is 1. The Morgan fingerprint density at radius 3 is 3.00 bits per heavy atom. The molecule has 1 N–H and O–H groups in total. The molecule has 14 heavy (non-hydrogen) atoms. The average Bonchev–Trinajstić information content (AvgIpc) is 2.39. The number of hydrogen-bond donors (Lipinski definition) is 1. The quantitative estimate of drug-likeness (QED) is 0.746. The Kier molecular flexibility index (Phi) is 3.98. The fraction of sp³-hybridized carbons (Fsp3) is 0.364. The van der Waals surface area contributed by atoms with Crippen molar-refractivity contribution in [3.05, 3.63) is 35.6 Å². The van der Waals surface area contributed by atoms with E-state index in [1.165, 1.54) is 0 Å². The molecule has 0 aromatic rings. The van der Waals surface area contributed by atoms with Crippen LogP contribution in [0.3, 0.4) is 0 Å². The molecule has 3 nitrogen and oxygen atoms in total. The van der Waals surface area contributed by atoms with E-state index in [2.05, 4.69) is 0 Å². The third-order valence-electron chi connectivity index (χ3n) is 2.04. The van der Waals surface area contributed by atoms with Crippen LogP contribution in [-0.2, 0) is 9.53 Å². The Balaban J connectivity index is 2.55. The lowest BCUT2D eigenvalue weighted by Gasteiger charge is -1.99. The van der Waals surface area contributed by atoms with Gasteiger partial charge in [0.25, 0.3) is 0 Å². The molecule has 1 rings (SSSR count). The first kappa shape index (κ1) is 10.6. The number of rotatable bonds is 4. The molecule has 0 unspecified atom stereocenters. The molecule has 0 spiro atoms. The van der Waals surface area contributed by atoms with Crippen LogP contribution < -0.4 is 0 Å². The number of carboxylic acids is 1.